The lowest BCUT2D eigenvalue weighted by Crippen LogP contribution is -2.39. The first kappa shape index (κ1) is 15.2. The summed E-state index contributed by atoms with van der Waals surface area (Å²) in [5, 5.41) is 11.1. The zero-order valence-corrected chi connectivity index (χ0v) is 13.2. The highest BCUT2D eigenvalue weighted by atomic mass is 16.5. The molecule has 1 fully saturated rings. The Morgan fingerprint density at radius 3 is 2.30 bits per heavy atom. The Hall–Kier alpha value is -1.22. The quantitative estimate of drug-likeness (QED) is 0.915. The third kappa shape index (κ3) is 2.93. The van der Waals surface area contributed by atoms with Crippen molar-refractivity contribution in [3.8, 4) is 11.5 Å². The molecule has 1 N–H and O–H groups in total. The molecule has 0 spiro atoms. The largest absolute Gasteiger partial charge is 0.493 e. The minimum absolute atomic E-state index is 0.152. The molecular weight excluding hydrogens is 252 g/mol. The molecule has 1 aliphatic carbocycles. The Labute approximate surface area is 121 Å². The molecule has 0 amide bonds. The summed E-state index contributed by atoms with van der Waals surface area (Å²) in [5.41, 5.74) is 0.301. The fraction of sp³-hybridized carbons (Fsp3) is 0.647. The second kappa shape index (κ2) is 5.28. The van der Waals surface area contributed by atoms with Crippen LogP contribution < -0.4 is 9.47 Å². The summed E-state index contributed by atoms with van der Waals surface area (Å²) in [5.74, 6) is 1.88. The van der Waals surface area contributed by atoms with Crippen molar-refractivity contribution in [3.05, 3.63) is 23.8 Å². The van der Waals surface area contributed by atoms with Gasteiger partial charge < -0.3 is 14.6 Å². The molecule has 1 saturated carbocycles. The lowest BCUT2D eigenvalue weighted by Gasteiger charge is -2.45. The first-order chi connectivity index (χ1) is 9.29. The highest BCUT2D eigenvalue weighted by Crippen LogP contribution is 2.49. The van der Waals surface area contributed by atoms with Crippen LogP contribution in [-0.2, 0) is 5.60 Å². The zero-order chi connectivity index (χ0) is 15.0. The molecule has 1 aromatic carbocycles. The SMILES string of the molecule is COc1ccc(C2(O)CC(C)CC(C)(C)C2)cc1OC. The Morgan fingerprint density at radius 2 is 1.75 bits per heavy atom. The van der Waals surface area contributed by atoms with Crippen LogP contribution in [0.3, 0.4) is 0 Å². The van der Waals surface area contributed by atoms with Gasteiger partial charge in [-0.2, -0.15) is 0 Å². The van der Waals surface area contributed by atoms with Crippen molar-refractivity contribution in [2.75, 3.05) is 14.2 Å². The molecule has 0 aliphatic heterocycles. The molecular formula is C17H26O3. The van der Waals surface area contributed by atoms with E-state index in [1.54, 1.807) is 14.2 Å². The van der Waals surface area contributed by atoms with E-state index in [2.05, 4.69) is 20.8 Å². The van der Waals surface area contributed by atoms with E-state index in [1.165, 1.54) is 0 Å². The molecule has 2 unspecified atom stereocenters. The molecule has 2 atom stereocenters. The van der Waals surface area contributed by atoms with Gasteiger partial charge in [0.15, 0.2) is 11.5 Å². The number of ether oxygens (including phenoxy) is 2. The molecule has 1 aromatic rings. The summed E-state index contributed by atoms with van der Waals surface area (Å²) in [6, 6.07) is 5.74. The van der Waals surface area contributed by atoms with Gasteiger partial charge in [0.25, 0.3) is 0 Å². The maximum absolute atomic E-state index is 11.1. The zero-order valence-electron chi connectivity index (χ0n) is 13.2. The lowest BCUT2D eigenvalue weighted by molar-refractivity contribution is -0.0636. The van der Waals surface area contributed by atoms with E-state index in [0.29, 0.717) is 17.4 Å². The highest BCUT2D eigenvalue weighted by Gasteiger charge is 2.42. The van der Waals surface area contributed by atoms with Crippen LogP contribution in [0.15, 0.2) is 18.2 Å². The third-order valence-electron chi connectivity index (χ3n) is 4.28. The fourth-order valence-corrected chi connectivity index (χ4v) is 3.87. The van der Waals surface area contributed by atoms with Crippen molar-refractivity contribution >= 4 is 0 Å². The van der Waals surface area contributed by atoms with Gasteiger partial charge in [0.05, 0.1) is 19.8 Å². The van der Waals surface area contributed by atoms with E-state index in [-0.39, 0.29) is 5.41 Å². The maximum Gasteiger partial charge on any atom is 0.161 e. The summed E-state index contributed by atoms with van der Waals surface area (Å²) in [7, 11) is 3.25. The number of hydrogen-bond donors (Lipinski definition) is 1. The van der Waals surface area contributed by atoms with Gasteiger partial charge in [-0.05, 0) is 48.3 Å². The van der Waals surface area contributed by atoms with E-state index < -0.39 is 5.60 Å². The van der Waals surface area contributed by atoms with Crippen molar-refractivity contribution in [1.29, 1.82) is 0 Å². The predicted octanol–water partition coefficient (Wildman–Crippen LogP) is 3.74. The van der Waals surface area contributed by atoms with Gasteiger partial charge >= 0.3 is 0 Å². The van der Waals surface area contributed by atoms with E-state index in [0.717, 1.165) is 24.8 Å². The predicted molar refractivity (Wildman–Crippen MR) is 80.2 cm³/mol. The molecule has 1 aliphatic rings. The molecule has 3 heteroatoms. The molecule has 112 valence electrons. The van der Waals surface area contributed by atoms with E-state index >= 15 is 0 Å². The standard InChI is InChI=1S/C17H26O3/c1-12-9-16(2,3)11-17(18,10-12)13-6-7-14(19-4)15(8-13)20-5/h6-8,12,18H,9-11H2,1-5H3. The summed E-state index contributed by atoms with van der Waals surface area (Å²) in [6.07, 6.45) is 2.73. The maximum atomic E-state index is 11.1. The molecule has 2 rings (SSSR count). The van der Waals surface area contributed by atoms with E-state index in [9.17, 15) is 5.11 Å². The normalized spacial score (nSPS) is 29.0. The number of benzene rings is 1. The second-order valence-electron chi connectivity index (χ2n) is 6.96. The van der Waals surface area contributed by atoms with Crippen LogP contribution in [0, 0.1) is 11.3 Å². The molecule has 3 nitrogen and oxygen atoms in total. The molecule has 0 saturated heterocycles. The van der Waals surface area contributed by atoms with Crippen LogP contribution in [0.5, 0.6) is 11.5 Å². The Kier molecular flexibility index (Phi) is 4.01. The summed E-state index contributed by atoms with van der Waals surface area (Å²) in [4.78, 5) is 0. The van der Waals surface area contributed by atoms with Gasteiger partial charge in [-0.25, -0.2) is 0 Å². The van der Waals surface area contributed by atoms with Crippen LogP contribution in [-0.4, -0.2) is 19.3 Å². The first-order valence-corrected chi connectivity index (χ1v) is 7.24. The lowest BCUT2D eigenvalue weighted by atomic mass is 9.64. The van der Waals surface area contributed by atoms with Gasteiger partial charge in [0.2, 0.25) is 0 Å². The summed E-state index contributed by atoms with van der Waals surface area (Å²) in [6.45, 7) is 6.68. The van der Waals surface area contributed by atoms with Crippen molar-refractivity contribution < 1.29 is 14.6 Å². The van der Waals surface area contributed by atoms with Crippen LogP contribution >= 0.6 is 0 Å². The Bertz CT molecular complexity index is 481. The van der Waals surface area contributed by atoms with Crippen LogP contribution in [0.1, 0.15) is 45.6 Å². The van der Waals surface area contributed by atoms with Crippen LogP contribution in [0.4, 0.5) is 0 Å². The third-order valence-corrected chi connectivity index (χ3v) is 4.28. The number of aliphatic hydroxyl groups is 1. The summed E-state index contributed by atoms with van der Waals surface area (Å²) >= 11 is 0. The average molecular weight is 278 g/mol. The Morgan fingerprint density at radius 1 is 1.10 bits per heavy atom. The van der Waals surface area contributed by atoms with Gasteiger partial charge in [0.1, 0.15) is 0 Å². The molecule has 0 radical (unpaired) electrons. The van der Waals surface area contributed by atoms with Gasteiger partial charge in [-0.15, -0.1) is 0 Å². The van der Waals surface area contributed by atoms with Crippen LogP contribution in [0.2, 0.25) is 0 Å². The average Bonchev–Trinajstić information content (AvgIpc) is 2.34. The minimum Gasteiger partial charge on any atom is -0.493 e. The van der Waals surface area contributed by atoms with Crippen molar-refractivity contribution in [3.63, 3.8) is 0 Å². The smallest absolute Gasteiger partial charge is 0.161 e. The first-order valence-electron chi connectivity index (χ1n) is 7.24. The van der Waals surface area contributed by atoms with Crippen molar-refractivity contribution in [1.82, 2.24) is 0 Å². The molecule has 0 bridgehead atoms. The van der Waals surface area contributed by atoms with E-state index in [4.69, 9.17) is 9.47 Å². The molecule has 0 aromatic heterocycles. The van der Waals surface area contributed by atoms with Crippen molar-refractivity contribution in [2.24, 2.45) is 11.3 Å². The topological polar surface area (TPSA) is 38.7 Å². The van der Waals surface area contributed by atoms with Crippen LogP contribution in [0.25, 0.3) is 0 Å². The van der Waals surface area contributed by atoms with Gasteiger partial charge in [-0.3, -0.25) is 0 Å². The Balaban J connectivity index is 2.38. The number of hydrogen-bond acceptors (Lipinski definition) is 3. The number of rotatable bonds is 3. The minimum atomic E-state index is -0.777. The summed E-state index contributed by atoms with van der Waals surface area (Å²) < 4.78 is 10.6. The highest BCUT2D eigenvalue weighted by molar-refractivity contribution is 5.44. The second-order valence-corrected chi connectivity index (χ2v) is 6.96. The van der Waals surface area contributed by atoms with Gasteiger partial charge in [0, 0.05) is 0 Å². The monoisotopic (exact) mass is 278 g/mol. The van der Waals surface area contributed by atoms with Gasteiger partial charge in [-0.1, -0.05) is 26.8 Å². The van der Waals surface area contributed by atoms with Crippen molar-refractivity contribution in [2.45, 2.75) is 45.6 Å². The number of methoxy groups -OCH3 is 2. The molecule has 20 heavy (non-hydrogen) atoms. The van der Waals surface area contributed by atoms with E-state index in [1.807, 2.05) is 18.2 Å². The molecule has 0 heterocycles. The fourth-order valence-electron chi connectivity index (χ4n) is 3.87.